The minimum Gasteiger partial charge on any atom is -0.399 e. The minimum absolute atomic E-state index is 0.0355. The lowest BCUT2D eigenvalue weighted by molar-refractivity contribution is 0.00578. The second kappa shape index (κ2) is 13.8. The van der Waals surface area contributed by atoms with E-state index in [1.807, 2.05) is 44.2 Å². The SMILES string of the molecule is CC(C)(C)c1cc(Cl)ncn1.Cc1ncccc1-c1cc(C(C)(C)C)ncn1.Cc1ncccc1B1OC(C)(C)C(C)(C)O1. The Bertz CT molecular complexity index is 1530. The fourth-order valence-electron chi connectivity index (χ4n) is 4.13. The number of aryl methyl sites for hydroxylation is 2. The lowest BCUT2D eigenvalue weighted by Gasteiger charge is -2.32. The maximum absolute atomic E-state index is 5.97. The first kappa shape index (κ1) is 35.2. The molecule has 10 heteroatoms. The van der Waals surface area contributed by atoms with Crippen LogP contribution in [0.4, 0.5) is 0 Å². The highest BCUT2D eigenvalue weighted by molar-refractivity contribution is 6.62. The maximum Gasteiger partial charge on any atom is 0.496 e. The molecule has 1 saturated heterocycles. The summed E-state index contributed by atoms with van der Waals surface area (Å²) in [6, 6.07) is 11.7. The van der Waals surface area contributed by atoms with Crippen LogP contribution >= 0.6 is 11.6 Å². The highest BCUT2D eigenvalue weighted by atomic mass is 35.5. The molecule has 0 radical (unpaired) electrons. The number of hydrogen-bond acceptors (Lipinski definition) is 8. The Balaban J connectivity index is 0.000000185. The standard InChI is InChI=1S/C14H17N3.C12H18BNO2.C8H11ClN2/c1-10-11(6-5-7-15-10)12-8-13(14(2,3)4)17-9-16-12;1-9-10(7-6-8-14-9)13-15-11(2,3)12(4,5)16-13;1-8(2,3)6-4-7(9)11-5-10-6/h5-9H,1-4H3;6-8H,1-5H3;4-5H,1-3H3. The molecule has 0 amide bonds. The van der Waals surface area contributed by atoms with Gasteiger partial charge in [0.05, 0.1) is 22.6 Å². The third kappa shape index (κ3) is 9.13. The van der Waals surface area contributed by atoms with Gasteiger partial charge in [-0.25, -0.2) is 19.9 Å². The molecule has 1 aliphatic heterocycles. The van der Waals surface area contributed by atoms with Crippen LogP contribution in [0.1, 0.15) is 92.0 Å². The summed E-state index contributed by atoms with van der Waals surface area (Å²) >= 11 is 5.70. The van der Waals surface area contributed by atoms with Gasteiger partial charge in [0.25, 0.3) is 0 Å². The van der Waals surface area contributed by atoms with E-state index in [4.69, 9.17) is 20.9 Å². The summed E-state index contributed by atoms with van der Waals surface area (Å²) in [5, 5.41) is 0.505. The van der Waals surface area contributed by atoms with Gasteiger partial charge in [-0.05, 0) is 71.9 Å². The van der Waals surface area contributed by atoms with Crippen molar-refractivity contribution in [2.24, 2.45) is 0 Å². The van der Waals surface area contributed by atoms with Crippen LogP contribution in [0.2, 0.25) is 5.15 Å². The molecule has 0 bridgehead atoms. The van der Waals surface area contributed by atoms with Crippen molar-refractivity contribution < 1.29 is 9.31 Å². The molecule has 1 fully saturated rings. The first-order chi connectivity index (χ1) is 20.3. The van der Waals surface area contributed by atoms with Gasteiger partial charge >= 0.3 is 7.12 Å². The number of hydrogen-bond donors (Lipinski definition) is 0. The van der Waals surface area contributed by atoms with Crippen LogP contribution < -0.4 is 5.46 Å². The van der Waals surface area contributed by atoms with Gasteiger partial charge in [-0.3, -0.25) is 9.97 Å². The zero-order chi connectivity index (χ0) is 32.9. The smallest absolute Gasteiger partial charge is 0.399 e. The van der Waals surface area contributed by atoms with Gasteiger partial charge in [-0.1, -0.05) is 59.2 Å². The molecule has 5 rings (SSSR count). The Kier molecular flexibility index (Phi) is 11.0. The van der Waals surface area contributed by atoms with Crippen LogP contribution in [0.5, 0.6) is 0 Å². The molecule has 8 nitrogen and oxygen atoms in total. The largest absolute Gasteiger partial charge is 0.496 e. The van der Waals surface area contributed by atoms with E-state index in [-0.39, 0.29) is 29.2 Å². The molecule has 4 aromatic rings. The molecule has 0 atom stereocenters. The van der Waals surface area contributed by atoms with Crippen LogP contribution in [-0.2, 0) is 20.1 Å². The summed E-state index contributed by atoms with van der Waals surface area (Å²) in [5.41, 5.74) is 6.49. The topological polar surface area (TPSA) is 95.8 Å². The van der Waals surface area contributed by atoms with E-state index < -0.39 is 0 Å². The molecule has 0 saturated carbocycles. The third-order valence-corrected chi connectivity index (χ3v) is 7.88. The van der Waals surface area contributed by atoms with Crippen LogP contribution in [0.25, 0.3) is 11.3 Å². The van der Waals surface area contributed by atoms with Crippen LogP contribution in [0.15, 0.2) is 61.4 Å². The van der Waals surface area contributed by atoms with Crippen LogP contribution in [-0.4, -0.2) is 48.2 Å². The minimum atomic E-state index is -0.307. The van der Waals surface area contributed by atoms with Gasteiger partial charge in [0.1, 0.15) is 17.8 Å². The molecule has 0 aliphatic carbocycles. The molecule has 0 spiro atoms. The zero-order valence-corrected chi connectivity index (χ0v) is 29.0. The van der Waals surface area contributed by atoms with Gasteiger partial charge in [0.15, 0.2) is 0 Å². The third-order valence-electron chi connectivity index (χ3n) is 7.68. The van der Waals surface area contributed by atoms with Crippen molar-refractivity contribution in [3.8, 4) is 11.3 Å². The Hall–Kier alpha value is -3.27. The average Bonchev–Trinajstić information content (AvgIpc) is 3.15. The molecule has 0 N–H and O–H groups in total. The van der Waals surface area contributed by atoms with E-state index in [2.05, 4.69) is 99.1 Å². The molecule has 44 heavy (non-hydrogen) atoms. The Morgan fingerprint density at radius 2 is 1.16 bits per heavy atom. The highest BCUT2D eigenvalue weighted by Crippen LogP contribution is 2.36. The zero-order valence-electron chi connectivity index (χ0n) is 28.2. The summed E-state index contributed by atoms with van der Waals surface area (Å²) in [7, 11) is -0.307. The van der Waals surface area contributed by atoms with Crippen molar-refractivity contribution in [3.05, 3.63) is 89.4 Å². The quantitative estimate of drug-likeness (QED) is 0.171. The van der Waals surface area contributed by atoms with Gasteiger partial charge in [-0.2, -0.15) is 0 Å². The van der Waals surface area contributed by atoms with E-state index in [1.165, 1.54) is 6.33 Å². The Labute approximate surface area is 268 Å². The van der Waals surface area contributed by atoms with Crippen molar-refractivity contribution in [2.75, 3.05) is 0 Å². The molecule has 234 valence electrons. The first-order valence-electron chi connectivity index (χ1n) is 14.8. The molecule has 1 aliphatic rings. The van der Waals surface area contributed by atoms with Crippen molar-refractivity contribution in [3.63, 3.8) is 0 Å². The fourth-order valence-corrected chi connectivity index (χ4v) is 4.28. The summed E-state index contributed by atoms with van der Waals surface area (Å²) in [6.45, 7) is 24.9. The predicted octanol–water partition coefficient (Wildman–Crippen LogP) is 7.26. The lowest BCUT2D eigenvalue weighted by Crippen LogP contribution is -2.41. The molecule has 0 aromatic carbocycles. The first-order valence-corrected chi connectivity index (χ1v) is 15.2. The van der Waals surface area contributed by atoms with Crippen LogP contribution in [0, 0.1) is 13.8 Å². The summed E-state index contributed by atoms with van der Waals surface area (Å²) in [5.74, 6) is 0. The van der Waals surface area contributed by atoms with Crippen molar-refractivity contribution in [1.82, 2.24) is 29.9 Å². The van der Waals surface area contributed by atoms with Gasteiger partial charge < -0.3 is 9.31 Å². The van der Waals surface area contributed by atoms with Crippen LogP contribution in [0.3, 0.4) is 0 Å². The number of pyridine rings is 2. The van der Waals surface area contributed by atoms with E-state index in [0.29, 0.717) is 5.15 Å². The van der Waals surface area contributed by atoms with Crippen molar-refractivity contribution in [1.29, 1.82) is 0 Å². The summed E-state index contributed by atoms with van der Waals surface area (Å²) < 4.78 is 11.9. The highest BCUT2D eigenvalue weighted by Gasteiger charge is 2.52. The maximum atomic E-state index is 5.97. The molecule has 0 unspecified atom stereocenters. The fraction of sp³-hybridized carbons (Fsp3) is 0.471. The molecular formula is C34H46BClN6O2. The normalized spacial score (nSPS) is 15.5. The lowest BCUT2D eigenvalue weighted by atomic mass is 9.78. The van der Waals surface area contributed by atoms with E-state index in [1.54, 1.807) is 24.8 Å². The Morgan fingerprint density at radius 3 is 1.64 bits per heavy atom. The Morgan fingerprint density at radius 1 is 0.659 bits per heavy atom. The average molecular weight is 617 g/mol. The number of aromatic nitrogens is 6. The van der Waals surface area contributed by atoms with E-state index in [9.17, 15) is 0 Å². The number of rotatable bonds is 2. The molecule has 4 aromatic heterocycles. The number of halogens is 1. The summed E-state index contributed by atoms with van der Waals surface area (Å²) in [6.07, 6.45) is 6.69. The van der Waals surface area contributed by atoms with Crippen molar-refractivity contribution >= 4 is 24.2 Å². The summed E-state index contributed by atoms with van der Waals surface area (Å²) in [4.78, 5) is 25.1. The molecular weight excluding hydrogens is 571 g/mol. The van der Waals surface area contributed by atoms with Gasteiger partial charge in [-0.15, -0.1) is 0 Å². The van der Waals surface area contributed by atoms with Gasteiger partial charge in [0, 0.05) is 51.3 Å². The second-order valence-electron chi connectivity index (χ2n) is 13.9. The second-order valence-corrected chi connectivity index (χ2v) is 14.3. The predicted molar refractivity (Wildman–Crippen MR) is 179 cm³/mol. The van der Waals surface area contributed by atoms with Gasteiger partial charge in [0.2, 0.25) is 0 Å². The molecule has 5 heterocycles. The number of nitrogens with zero attached hydrogens (tertiary/aromatic N) is 6. The monoisotopic (exact) mass is 616 g/mol. The van der Waals surface area contributed by atoms with E-state index in [0.717, 1.165) is 39.5 Å². The van der Waals surface area contributed by atoms with E-state index >= 15 is 0 Å². The van der Waals surface area contributed by atoms with Crippen molar-refractivity contribution in [2.45, 2.75) is 105 Å².